The first kappa shape index (κ1) is 9.07. The van der Waals surface area contributed by atoms with E-state index in [0.717, 1.165) is 31.4 Å². The smallest absolute Gasteiger partial charge is 0.0388 e. The van der Waals surface area contributed by atoms with E-state index < -0.39 is 0 Å². The van der Waals surface area contributed by atoms with Crippen molar-refractivity contribution in [2.45, 2.75) is 56.9 Å². The fourth-order valence-electron chi connectivity index (χ4n) is 2.82. The zero-order valence-corrected chi connectivity index (χ0v) is 8.31. The molecule has 0 aromatic heterocycles. The molecule has 0 bridgehead atoms. The molecule has 0 aromatic rings. The Labute approximate surface area is 80.4 Å². The third-order valence-corrected chi connectivity index (χ3v) is 3.61. The van der Waals surface area contributed by atoms with Gasteiger partial charge in [-0.15, -0.1) is 0 Å². The van der Waals surface area contributed by atoms with Crippen LogP contribution in [0.25, 0.3) is 0 Å². The summed E-state index contributed by atoms with van der Waals surface area (Å²) in [6.07, 6.45) is 9.63. The van der Waals surface area contributed by atoms with Crippen LogP contribution in [0.4, 0.5) is 0 Å². The summed E-state index contributed by atoms with van der Waals surface area (Å²) in [5.41, 5.74) is 15.0. The number of fused-ring (bicyclic) bond motifs is 1. The highest BCUT2D eigenvalue weighted by molar-refractivity contribution is 5.28. The average Bonchev–Trinajstić information content (AvgIpc) is 2.27. The van der Waals surface area contributed by atoms with Gasteiger partial charge in [0.15, 0.2) is 0 Å². The van der Waals surface area contributed by atoms with Crippen LogP contribution >= 0.6 is 0 Å². The van der Waals surface area contributed by atoms with E-state index in [1.54, 1.807) is 0 Å². The monoisotopic (exact) mass is 180 g/mol. The minimum Gasteiger partial charge on any atom is -0.402 e. The standard InChI is InChI=1S/C11H20N2/c12-10-6-4-8-11(13)7-3-1-2-5-9(10)11/h1-8,12-13H2. The second kappa shape index (κ2) is 3.33. The van der Waals surface area contributed by atoms with Crippen LogP contribution in [0.2, 0.25) is 0 Å². The summed E-state index contributed by atoms with van der Waals surface area (Å²) in [5, 5.41) is 0. The Balaban J connectivity index is 2.30. The number of hydrogen-bond donors (Lipinski definition) is 2. The van der Waals surface area contributed by atoms with E-state index in [2.05, 4.69) is 0 Å². The van der Waals surface area contributed by atoms with Gasteiger partial charge in [0.25, 0.3) is 0 Å². The molecule has 2 aliphatic rings. The first-order chi connectivity index (χ1) is 6.22. The summed E-state index contributed by atoms with van der Waals surface area (Å²) in [5.74, 6) is 0. The van der Waals surface area contributed by atoms with Gasteiger partial charge >= 0.3 is 0 Å². The van der Waals surface area contributed by atoms with Crippen LogP contribution in [0.15, 0.2) is 11.3 Å². The van der Waals surface area contributed by atoms with E-state index >= 15 is 0 Å². The molecule has 0 aromatic carbocycles. The minimum absolute atomic E-state index is 0.0150. The first-order valence-corrected chi connectivity index (χ1v) is 5.49. The van der Waals surface area contributed by atoms with Gasteiger partial charge in [-0.1, -0.05) is 12.8 Å². The number of rotatable bonds is 0. The van der Waals surface area contributed by atoms with Crippen LogP contribution in [0.5, 0.6) is 0 Å². The average molecular weight is 180 g/mol. The summed E-state index contributed by atoms with van der Waals surface area (Å²) >= 11 is 0. The molecule has 1 fully saturated rings. The van der Waals surface area contributed by atoms with Crippen molar-refractivity contribution in [1.29, 1.82) is 0 Å². The fraction of sp³-hybridized carbons (Fsp3) is 0.818. The first-order valence-electron chi connectivity index (χ1n) is 5.49. The molecule has 74 valence electrons. The molecule has 2 heteroatoms. The maximum absolute atomic E-state index is 6.42. The SMILES string of the molecule is NC1=C2CCCCCC2(N)CCC1. The van der Waals surface area contributed by atoms with Crippen molar-refractivity contribution in [3.63, 3.8) is 0 Å². The molecule has 0 saturated heterocycles. The number of nitrogens with two attached hydrogens (primary N) is 2. The van der Waals surface area contributed by atoms with Gasteiger partial charge in [0.05, 0.1) is 0 Å². The Morgan fingerprint density at radius 2 is 1.69 bits per heavy atom. The summed E-state index contributed by atoms with van der Waals surface area (Å²) in [6.45, 7) is 0. The van der Waals surface area contributed by atoms with Crippen LogP contribution in [0, 0.1) is 0 Å². The van der Waals surface area contributed by atoms with Gasteiger partial charge < -0.3 is 11.5 Å². The lowest BCUT2D eigenvalue weighted by Crippen LogP contribution is -2.44. The molecule has 1 saturated carbocycles. The van der Waals surface area contributed by atoms with E-state index in [9.17, 15) is 0 Å². The molecule has 1 atom stereocenters. The van der Waals surface area contributed by atoms with Crippen molar-refractivity contribution in [3.8, 4) is 0 Å². The summed E-state index contributed by atoms with van der Waals surface area (Å²) in [4.78, 5) is 0. The number of allylic oxidation sites excluding steroid dienone is 1. The zero-order valence-electron chi connectivity index (χ0n) is 8.31. The highest BCUT2D eigenvalue weighted by Crippen LogP contribution is 2.38. The second-order valence-corrected chi connectivity index (χ2v) is 4.57. The van der Waals surface area contributed by atoms with Crippen LogP contribution in [-0.2, 0) is 0 Å². The lowest BCUT2D eigenvalue weighted by molar-refractivity contribution is 0.384. The van der Waals surface area contributed by atoms with Crippen molar-refractivity contribution in [3.05, 3.63) is 11.3 Å². The molecule has 0 radical (unpaired) electrons. The van der Waals surface area contributed by atoms with Crippen LogP contribution in [0.1, 0.15) is 51.4 Å². The lowest BCUT2D eigenvalue weighted by atomic mass is 9.76. The highest BCUT2D eigenvalue weighted by Gasteiger charge is 2.34. The predicted octanol–water partition coefficient (Wildman–Crippen LogP) is 2.04. The molecule has 0 spiro atoms. The molecule has 2 rings (SSSR count). The summed E-state index contributed by atoms with van der Waals surface area (Å²) in [6, 6.07) is 0. The van der Waals surface area contributed by atoms with Crippen LogP contribution < -0.4 is 11.5 Å². The maximum atomic E-state index is 6.42. The molecule has 2 nitrogen and oxygen atoms in total. The molecule has 4 N–H and O–H groups in total. The molecular weight excluding hydrogens is 160 g/mol. The van der Waals surface area contributed by atoms with Gasteiger partial charge in [0.1, 0.15) is 0 Å². The molecular formula is C11H20N2. The van der Waals surface area contributed by atoms with E-state index in [1.807, 2.05) is 0 Å². The maximum Gasteiger partial charge on any atom is 0.0388 e. The number of hydrogen-bond acceptors (Lipinski definition) is 2. The van der Waals surface area contributed by atoms with Crippen molar-refractivity contribution >= 4 is 0 Å². The Bertz CT molecular complexity index is 232. The van der Waals surface area contributed by atoms with Crippen LogP contribution in [-0.4, -0.2) is 5.54 Å². The quantitative estimate of drug-likeness (QED) is 0.599. The molecule has 0 amide bonds. The third kappa shape index (κ3) is 1.60. The van der Waals surface area contributed by atoms with Gasteiger partial charge in [-0.05, 0) is 44.1 Å². The van der Waals surface area contributed by atoms with Gasteiger partial charge in [-0.2, -0.15) is 0 Å². The van der Waals surface area contributed by atoms with E-state index in [0.29, 0.717) is 0 Å². The minimum atomic E-state index is -0.0150. The highest BCUT2D eigenvalue weighted by atomic mass is 14.8. The summed E-state index contributed by atoms with van der Waals surface area (Å²) < 4.78 is 0. The molecule has 2 aliphatic carbocycles. The predicted molar refractivity (Wildman–Crippen MR) is 55.1 cm³/mol. The van der Waals surface area contributed by atoms with E-state index in [4.69, 9.17) is 11.5 Å². The molecule has 1 unspecified atom stereocenters. The van der Waals surface area contributed by atoms with Crippen molar-refractivity contribution < 1.29 is 0 Å². The van der Waals surface area contributed by atoms with E-state index in [1.165, 1.54) is 31.3 Å². The second-order valence-electron chi connectivity index (χ2n) is 4.57. The Morgan fingerprint density at radius 3 is 2.54 bits per heavy atom. The van der Waals surface area contributed by atoms with Gasteiger partial charge in [-0.3, -0.25) is 0 Å². The normalized spacial score (nSPS) is 35.5. The molecule has 0 heterocycles. The zero-order chi connectivity index (χ0) is 9.31. The van der Waals surface area contributed by atoms with E-state index in [-0.39, 0.29) is 5.54 Å². The Morgan fingerprint density at radius 1 is 0.923 bits per heavy atom. The molecule has 0 aliphatic heterocycles. The van der Waals surface area contributed by atoms with Gasteiger partial charge in [0.2, 0.25) is 0 Å². The largest absolute Gasteiger partial charge is 0.402 e. The third-order valence-electron chi connectivity index (χ3n) is 3.61. The lowest BCUT2D eigenvalue weighted by Gasteiger charge is -2.36. The van der Waals surface area contributed by atoms with Crippen LogP contribution in [0.3, 0.4) is 0 Å². The van der Waals surface area contributed by atoms with Crippen molar-refractivity contribution in [2.24, 2.45) is 11.5 Å². The fourth-order valence-corrected chi connectivity index (χ4v) is 2.82. The summed E-state index contributed by atoms with van der Waals surface area (Å²) in [7, 11) is 0. The topological polar surface area (TPSA) is 52.0 Å². The van der Waals surface area contributed by atoms with Gasteiger partial charge in [-0.25, -0.2) is 0 Å². The van der Waals surface area contributed by atoms with Gasteiger partial charge in [0, 0.05) is 11.2 Å². The molecule has 13 heavy (non-hydrogen) atoms. The Hall–Kier alpha value is -0.500. The Kier molecular flexibility index (Phi) is 2.33. The van der Waals surface area contributed by atoms with Crippen molar-refractivity contribution in [1.82, 2.24) is 0 Å². The van der Waals surface area contributed by atoms with Crippen molar-refractivity contribution in [2.75, 3.05) is 0 Å².